The molecule has 3 rings (SSSR count). The summed E-state index contributed by atoms with van der Waals surface area (Å²) in [4.78, 5) is 24.3. The monoisotopic (exact) mass is 468 g/mol. The largest absolute Gasteiger partial charge is 0.495 e. The maximum atomic E-state index is 13.0. The molecular weight excluding hydrogens is 448 g/mol. The fourth-order valence-electron chi connectivity index (χ4n) is 2.84. The van der Waals surface area contributed by atoms with Gasteiger partial charge in [-0.3, -0.25) is 9.59 Å². The van der Waals surface area contributed by atoms with Gasteiger partial charge >= 0.3 is 0 Å². The van der Waals surface area contributed by atoms with E-state index in [-0.39, 0.29) is 11.8 Å². The molecule has 0 aliphatic heterocycles. The van der Waals surface area contributed by atoms with Crippen LogP contribution in [-0.2, 0) is 11.4 Å². The summed E-state index contributed by atoms with van der Waals surface area (Å²) in [5, 5.41) is 5.53. The van der Waals surface area contributed by atoms with Crippen LogP contribution in [0, 0.1) is 0 Å². The Hall–Kier alpha value is -3.32. The zero-order valence-corrected chi connectivity index (χ0v) is 18.2. The number of para-hydroxylation sites is 1. The molecular formula is C23H21BrN2O4. The molecule has 0 saturated carbocycles. The van der Waals surface area contributed by atoms with E-state index >= 15 is 0 Å². The van der Waals surface area contributed by atoms with Crippen LogP contribution >= 0.6 is 15.9 Å². The van der Waals surface area contributed by atoms with Gasteiger partial charge < -0.3 is 20.1 Å². The summed E-state index contributed by atoms with van der Waals surface area (Å²) in [5.41, 5.74) is 2.36. The quantitative estimate of drug-likeness (QED) is 0.496. The second-order valence-electron chi connectivity index (χ2n) is 6.47. The van der Waals surface area contributed by atoms with Gasteiger partial charge in [0.25, 0.3) is 5.91 Å². The van der Waals surface area contributed by atoms with Crippen molar-refractivity contribution in [3.05, 3.63) is 82.3 Å². The Morgan fingerprint density at radius 1 is 0.933 bits per heavy atom. The van der Waals surface area contributed by atoms with E-state index in [0.717, 1.165) is 10.0 Å². The number of rotatable bonds is 7. The Kier molecular flexibility index (Phi) is 7.08. The molecule has 3 aromatic rings. The summed E-state index contributed by atoms with van der Waals surface area (Å²) in [6.45, 7) is 1.74. The smallest absolute Gasteiger partial charge is 0.259 e. The van der Waals surface area contributed by atoms with Crippen LogP contribution < -0.4 is 20.1 Å². The van der Waals surface area contributed by atoms with Gasteiger partial charge in [0.2, 0.25) is 5.91 Å². The number of hydrogen-bond acceptors (Lipinski definition) is 4. The molecule has 0 bridgehead atoms. The highest BCUT2D eigenvalue weighted by molar-refractivity contribution is 9.10. The molecule has 0 aliphatic rings. The predicted octanol–water partition coefficient (Wildman–Crippen LogP) is 5.25. The normalized spacial score (nSPS) is 10.2. The van der Waals surface area contributed by atoms with E-state index in [1.807, 2.05) is 30.3 Å². The van der Waals surface area contributed by atoms with Gasteiger partial charge in [-0.25, -0.2) is 0 Å². The summed E-state index contributed by atoms with van der Waals surface area (Å²) in [7, 11) is 1.51. The molecule has 0 spiro atoms. The van der Waals surface area contributed by atoms with Gasteiger partial charge in [0.15, 0.2) is 0 Å². The zero-order valence-electron chi connectivity index (χ0n) is 16.6. The molecule has 3 aromatic carbocycles. The van der Waals surface area contributed by atoms with Gasteiger partial charge in [-0.15, -0.1) is 0 Å². The van der Waals surface area contributed by atoms with E-state index < -0.39 is 0 Å². The molecule has 6 nitrogen and oxygen atoms in total. The molecule has 7 heteroatoms. The van der Waals surface area contributed by atoms with Crippen molar-refractivity contribution >= 4 is 39.1 Å². The van der Waals surface area contributed by atoms with Crippen LogP contribution in [-0.4, -0.2) is 18.9 Å². The first-order valence-electron chi connectivity index (χ1n) is 9.19. The highest BCUT2D eigenvalue weighted by Gasteiger charge is 2.15. The van der Waals surface area contributed by atoms with Gasteiger partial charge in [-0.1, -0.05) is 40.2 Å². The second kappa shape index (κ2) is 9.93. The van der Waals surface area contributed by atoms with Crippen LogP contribution in [0.15, 0.2) is 71.2 Å². The Morgan fingerprint density at radius 3 is 2.47 bits per heavy atom. The molecule has 0 atom stereocenters. The van der Waals surface area contributed by atoms with Crippen LogP contribution in [0.25, 0.3) is 0 Å². The molecule has 0 aromatic heterocycles. The van der Waals surface area contributed by atoms with Gasteiger partial charge in [-0.2, -0.15) is 0 Å². The molecule has 0 unspecified atom stereocenters. The van der Waals surface area contributed by atoms with Crippen LogP contribution in [0.1, 0.15) is 22.8 Å². The van der Waals surface area contributed by atoms with Gasteiger partial charge in [0, 0.05) is 17.1 Å². The standard InChI is InChI=1S/C23H21BrN2O4/c1-15(27)25-18-10-11-22(29-2)20(13-18)26-23(28)19-8-3-4-9-21(19)30-14-16-6-5-7-17(24)12-16/h3-13H,14H2,1-2H3,(H,25,27)(H,26,28). The molecule has 154 valence electrons. The summed E-state index contributed by atoms with van der Waals surface area (Å²) in [5.74, 6) is 0.388. The lowest BCUT2D eigenvalue weighted by Gasteiger charge is -2.14. The van der Waals surface area contributed by atoms with Crippen molar-refractivity contribution in [1.82, 2.24) is 0 Å². The number of ether oxygens (including phenoxy) is 2. The van der Waals surface area contributed by atoms with Crippen LogP contribution in [0.2, 0.25) is 0 Å². The van der Waals surface area contributed by atoms with Crippen molar-refractivity contribution in [1.29, 1.82) is 0 Å². The topological polar surface area (TPSA) is 76.7 Å². The number of halogens is 1. The fourth-order valence-corrected chi connectivity index (χ4v) is 3.29. The van der Waals surface area contributed by atoms with E-state index in [0.29, 0.717) is 35.0 Å². The third-order valence-corrected chi connectivity index (χ3v) is 4.68. The fraction of sp³-hybridized carbons (Fsp3) is 0.130. The van der Waals surface area contributed by atoms with Crippen LogP contribution in [0.4, 0.5) is 11.4 Å². The molecule has 0 radical (unpaired) electrons. The Labute approximate surface area is 183 Å². The lowest BCUT2D eigenvalue weighted by atomic mass is 10.1. The van der Waals surface area contributed by atoms with Crippen molar-refractivity contribution < 1.29 is 19.1 Å². The minimum atomic E-state index is -0.349. The number of nitrogens with one attached hydrogen (secondary N) is 2. The Bertz CT molecular complexity index is 1070. The van der Waals surface area contributed by atoms with Gasteiger partial charge in [0.05, 0.1) is 18.4 Å². The first-order chi connectivity index (χ1) is 14.5. The Morgan fingerprint density at radius 2 is 1.73 bits per heavy atom. The maximum absolute atomic E-state index is 13.0. The highest BCUT2D eigenvalue weighted by atomic mass is 79.9. The average molecular weight is 469 g/mol. The average Bonchev–Trinajstić information content (AvgIpc) is 2.72. The lowest BCUT2D eigenvalue weighted by molar-refractivity contribution is -0.114. The molecule has 30 heavy (non-hydrogen) atoms. The number of anilines is 2. The van der Waals surface area contributed by atoms with E-state index in [9.17, 15) is 9.59 Å². The van der Waals surface area contributed by atoms with Crippen molar-refractivity contribution in [3.8, 4) is 11.5 Å². The van der Waals surface area contributed by atoms with Crippen molar-refractivity contribution in [3.63, 3.8) is 0 Å². The number of hydrogen-bond donors (Lipinski definition) is 2. The predicted molar refractivity (Wildman–Crippen MR) is 120 cm³/mol. The van der Waals surface area contributed by atoms with E-state index in [1.165, 1.54) is 14.0 Å². The van der Waals surface area contributed by atoms with E-state index in [4.69, 9.17) is 9.47 Å². The van der Waals surface area contributed by atoms with Crippen molar-refractivity contribution in [2.24, 2.45) is 0 Å². The number of benzene rings is 3. The molecule has 2 N–H and O–H groups in total. The van der Waals surface area contributed by atoms with E-state index in [1.54, 1.807) is 36.4 Å². The van der Waals surface area contributed by atoms with Crippen molar-refractivity contribution in [2.75, 3.05) is 17.7 Å². The van der Waals surface area contributed by atoms with Crippen LogP contribution in [0.3, 0.4) is 0 Å². The SMILES string of the molecule is COc1ccc(NC(C)=O)cc1NC(=O)c1ccccc1OCc1cccc(Br)c1. The third-order valence-electron chi connectivity index (χ3n) is 4.18. The highest BCUT2D eigenvalue weighted by Crippen LogP contribution is 2.29. The minimum Gasteiger partial charge on any atom is -0.495 e. The number of carbonyl (C=O) groups is 2. The van der Waals surface area contributed by atoms with Crippen LogP contribution in [0.5, 0.6) is 11.5 Å². The molecule has 2 amide bonds. The summed E-state index contributed by atoms with van der Waals surface area (Å²) in [6, 6.07) is 19.8. The molecule has 0 fully saturated rings. The maximum Gasteiger partial charge on any atom is 0.259 e. The number of methoxy groups -OCH3 is 1. The molecule has 0 aliphatic carbocycles. The molecule has 0 saturated heterocycles. The first-order valence-corrected chi connectivity index (χ1v) is 9.99. The van der Waals surface area contributed by atoms with Gasteiger partial charge in [0.1, 0.15) is 18.1 Å². The number of amides is 2. The minimum absolute atomic E-state index is 0.205. The van der Waals surface area contributed by atoms with Crippen molar-refractivity contribution in [2.45, 2.75) is 13.5 Å². The summed E-state index contributed by atoms with van der Waals surface area (Å²) < 4.78 is 12.2. The summed E-state index contributed by atoms with van der Waals surface area (Å²) >= 11 is 3.44. The Balaban J connectivity index is 1.80. The number of carbonyl (C=O) groups excluding carboxylic acids is 2. The third kappa shape index (κ3) is 5.61. The summed E-state index contributed by atoms with van der Waals surface area (Å²) in [6.07, 6.45) is 0. The van der Waals surface area contributed by atoms with Gasteiger partial charge in [-0.05, 0) is 48.0 Å². The zero-order chi connectivity index (χ0) is 21.5. The lowest BCUT2D eigenvalue weighted by Crippen LogP contribution is -2.15. The second-order valence-corrected chi connectivity index (χ2v) is 7.38. The van der Waals surface area contributed by atoms with E-state index in [2.05, 4.69) is 26.6 Å². The molecule has 0 heterocycles. The first kappa shape index (κ1) is 21.4.